The molecule has 0 bridgehead atoms. The first kappa shape index (κ1) is 17.5. The predicted molar refractivity (Wildman–Crippen MR) is 90.2 cm³/mol. The maximum Gasteiger partial charge on any atom is 0.125 e. The van der Waals surface area contributed by atoms with Crippen LogP contribution in [0.15, 0.2) is 29.3 Å². The van der Waals surface area contributed by atoms with Gasteiger partial charge < -0.3 is 15.4 Å². The van der Waals surface area contributed by atoms with Crippen LogP contribution in [0.25, 0.3) is 0 Å². The zero-order valence-corrected chi connectivity index (χ0v) is 14.0. The second-order valence-electron chi connectivity index (χ2n) is 6.75. The van der Waals surface area contributed by atoms with Crippen LogP contribution in [0.1, 0.15) is 32.8 Å². The number of ether oxygens (including phenoxy) is 1. The highest BCUT2D eigenvalue weighted by Gasteiger charge is 2.09. The van der Waals surface area contributed by atoms with E-state index in [0.717, 1.165) is 30.9 Å². The molecule has 1 aromatic rings. The van der Waals surface area contributed by atoms with Gasteiger partial charge in [-0.1, -0.05) is 20.8 Å². The van der Waals surface area contributed by atoms with Crippen LogP contribution < -0.4 is 10.5 Å². The Bertz CT molecular complexity index is 444. The van der Waals surface area contributed by atoms with E-state index in [1.165, 1.54) is 0 Å². The SMILES string of the molecule is CN(C)CCN=C(N)c1ccc(OCCC(C)(C)C)cc1. The standard InChI is InChI=1S/C17H29N3O/c1-17(2,3)10-13-21-15-8-6-14(7-9-15)16(18)19-11-12-20(4)5/h6-9H,10-13H2,1-5H3,(H2,18,19). The molecule has 4 heteroatoms. The summed E-state index contributed by atoms with van der Waals surface area (Å²) in [6.45, 7) is 8.98. The lowest BCUT2D eigenvalue weighted by Crippen LogP contribution is -2.19. The molecule has 0 aromatic heterocycles. The fourth-order valence-corrected chi connectivity index (χ4v) is 1.66. The molecule has 0 heterocycles. The molecule has 0 saturated carbocycles. The summed E-state index contributed by atoms with van der Waals surface area (Å²) in [6.07, 6.45) is 1.03. The van der Waals surface area contributed by atoms with Gasteiger partial charge in [0, 0.05) is 12.1 Å². The van der Waals surface area contributed by atoms with Crippen LogP contribution in [-0.4, -0.2) is 44.5 Å². The lowest BCUT2D eigenvalue weighted by molar-refractivity contribution is 0.243. The van der Waals surface area contributed by atoms with Gasteiger partial charge in [0.15, 0.2) is 0 Å². The van der Waals surface area contributed by atoms with E-state index in [2.05, 4.69) is 30.7 Å². The third-order valence-corrected chi connectivity index (χ3v) is 3.10. The molecule has 0 fully saturated rings. The highest BCUT2D eigenvalue weighted by atomic mass is 16.5. The van der Waals surface area contributed by atoms with Crippen LogP contribution in [-0.2, 0) is 0 Å². The van der Waals surface area contributed by atoms with E-state index in [9.17, 15) is 0 Å². The molecule has 0 aliphatic carbocycles. The number of rotatable bonds is 7. The Hall–Kier alpha value is -1.55. The van der Waals surface area contributed by atoms with Gasteiger partial charge in [0.05, 0.1) is 13.2 Å². The zero-order valence-electron chi connectivity index (χ0n) is 14.0. The van der Waals surface area contributed by atoms with Crippen LogP contribution in [0.3, 0.4) is 0 Å². The van der Waals surface area contributed by atoms with Crippen LogP contribution >= 0.6 is 0 Å². The summed E-state index contributed by atoms with van der Waals surface area (Å²) in [4.78, 5) is 6.46. The molecule has 0 radical (unpaired) electrons. The zero-order chi connectivity index (χ0) is 15.9. The first-order valence-corrected chi connectivity index (χ1v) is 7.46. The first-order chi connectivity index (χ1) is 9.78. The maximum atomic E-state index is 5.98. The van der Waals surface area contributed by atoms with Crippen LogP contribution in [0, 0.1) is 5.41 Å². The molecule has 0 spiro atoms. The van der Waals surface area contributed by atoms with Gasteiger partial charge in [-0.2, -0.15) is 0 Å². The number of hydrogen-bond acceptors (Lipinski definition) is 3. The molecular weight excluding hydrogens is 262 g/mol. The first-order valence-electron chi connectivity index (χ1n) is 7.46. The van der Waals surface area contributed by atoms with Crippen molar-refractivity contribution in [3.8, 4) is 5.75 Å². The number of nitrogens with zero attached hydrogens (tertiary/aromatic N) is 2. The predicted octanol–water partition coefficient (Wildman–Crippen LogP) is 2.77. The van der Waals surface area contributed by atoms with Gasteiger partial charge >= 0.3 is 0 Å². The van der Waals surface area contributed by atoms with Crippen molar-refractivity contribution >= 4 is 5.84 Å². The summed E-state index contributed by atoms with van der Waals surface area (Å²) >= 11 is 0. The monoisotopic (exact) mass is 291 g/mol. The molecule has 0 aliphatic rings. The van der Waals surface area contributed by atoms with Crippen molar-refractivity contribution in [3.05, 3.63) is 29.8 Å². The number of benzene rings is 1. The number of nitrogens with two attached hydrogens (primary N) is 1. The number of likely N-dealkylation sites (N-methyl/N-ethyl adjacent to an activating group) is 1. The molecule has 0 atom stereocenters. The summed E-state index contributed by atoms with van der Waals surface area (Å²) in [6, 6.07) is 7.82. The van der Waals surface area contributed by atoms with Crippen molar-refractivity contribution in [1.82, 2.24) is 4.90 Å². The summed E-state index contributed by atoms with van der Waals surface area (Å²) in [5, 5.41) is 0. The Labute approximate surface area is 129 Å². The molecule has 4 nitrogen and oxygen atoms in total. The second-order valence-corrected chi connectivity index (χ2v) is 6.75. The third-order valence-electron chi connectivity index (χ3n) is 3.10. The van der Waals surface area contributed by atoms with E-state index in [1.807, 2.05) is 38.4 Å². The van der Waals surface area contributed by atoms with E-state index in [-0.39, 0.29) is 0 Å². The van der Waals surface area contributed by atoms with E-state index < -0.39 is 0 Å². The van der Waals surface area contributed by atoms with Crippen LogP contribution in [0.2, 0.25) is 0 Å². The fourth-order valence-electron chi connectivity index (χ4n) is 1.66. The van der Waals surface area contributed by atoms with Gasteiger partial charge in [-0.15, -0.1) is 0 Å². The van der Waals surface area contributed by atoms with E-state index in [0.29, 0.717) is 17.8 Å². The maximum absolute atomic E-state index is 5.98. The summed E-state index contributed by atoms with van der Waals surface area (Å²) in [5.74, 6) is 1.46. The topological polar surface area (TPSA) is 50.8 Å². The minimum absolute atomic E-state index is 0.295. The Morgan fingerprint density at radius 1 is 1.19 bits per heavy atom. The van der Waals surface area contributed by atoms with Gasteiger partial charge in [0.1, 0.15) is 11.6 Å². The number of amidine groups is 1. The van der Waals surface area contributed by atoms with Crippen molar-refractivity contribution in [2.75, 3.05) is 33.8 Å². The molecule has 0 amide bonds. The Morgan fingerprint density at radius 3 is 2.33 bits per heavy atom. The molecular formula is C17H29N3O. The van der Waals surface area contributed by atoms with Crippen LogP contribution in [0.5, 0.6) is 5.75 Å². The van der Waals surface area contributed by atoms with Crippen molar-refractivity contribution in [3.63, 3.8) is 0 Å². The Balaban J connectivity index is 2.49. The molecule has 118 valence electrons. The van der Waals surface area contributed by atoms with E-state index in [1.54, 1.807) is 0 Å². The van der Waals surface area contributed by atoms with Gasteiger partial charge in [0.2, 0.25) is 0 Å². The molecule has 0 aliphatic heterocycles. The average Bonchev–Trinajstić information content (AvgIpc) is 2.37. The minimum Gasteiger partial charge on any atom is -0.494 e. The summed E-state index contributed by atoms with van der Waals surface area (Å²) in [7, 11) is 4.05. The lowest BCUT2D eigenvalue weighted by Gasteiger charge is -2.18. The summed E-state index contributed by atoms with van der Waals surface area (Å²) < 4.78 is 5.74. The fraction of sp³-hybridized carbons (Fsp3) is 0.588. The molecule has 1 aromatic carbocycles. The molecule has 0 saturated heterocycles. The largest absolute Gasteiger partial charge is 0.494 e. The van der Waals surface area contributed by atoms with Gasteiger partial charge in [-0.05, 0) is 50.2 Å². The minimum atomic E-state index is 0.295. The van der Waals surface area contributed by atoms with E-state index in [4.69, 9.17) is 10.5 Å². The van der Waals surface area contributed by atoms with Crippen molar-refractivity contribution in [2.45, 2.75) is 27.2 Å². The van der Waals surface area contributed by atoms with Crippen molar-refractivity contribution in [1.29, 1.82) is 0 Å². The van der Waals surface area contributed by atoms with Gasteiger partial charge in [-0.3, -0.25) is 4.99 Å². The second kappa shape index (κ2) is 8.03. The van der Waals surface area contributed by atoms with Crippen molar-refractivity contribution in [2.24, 2.45) is 16.1 Å². The van der Waals surface area contributed by atoms with Crippen LogP contribution in [0.4, 0.5) is 0 Å². The molecule has 2 N–H and O–H groups in total. The lowest BCUT2D eigenvalue weighted by atomic mass is 9.93. The van der Waals surface area contributed by atoms with E-state index >= 15 is 0 Å². The number of hydrogen-bond donors (Lipinski definition) is 1. The molecule has 1 rings (SSSR count). The smallest absolute Gasteiger partial charge is 0.125 e. The van der Waals surface area contributed by atoms with Crippen molar-refractivity contribution < 1.29 is 4.74 Å². The quantitative estimate of drug-likeness (QED) is 0.621. The summed E-state index contributed by atoms with van der Waals surface area (Å²) in [5.41, 5.74) is 7.22. The third kappa shape index (κ3) is 7.71. The molecule has 0 unspecified atom stereocenters. The number of aliphatic imine (C=N–C) groups is 1. The highest BCUT2D eigenvalue weighted by molar-refractivity contribution is 5.97. The Kier molecular flexibility index (Phi) is 6.69. The average molecular weight is 291 g/mol. The van der Waals surface area contributed by atoms with Gasteiger partial charge in [0.25, 0.3) is 0 Å². The highest BCUT2D eigenvalue weighted by Crippen LogP contribution is 2.19. The Morgan fingerprint density at radius 2 is 1.81 bits per heavy atom. The molecule has 21 heavy (non-hydrogen) atoms. The van der Waals surface area contributed by atoms with Gasteiger partial charge in [-0.25, -0.2) is 0 Å². The normalized spacial score (nSPS) is 12.8.